The Bertz CT molecular complexity index is 570. The van der Waals surface area contributed by atoms with Crippen LogP contribution in [-0.2, 0) is 7.05 Å². The molecule has 1 aromatic carbocycles. The molecule has 1 aromatic heterocycles. The van der Waals surface area contributed by atoms with Crippen LogP contribution in [0, 0.1) is 6.92 Å². The Kier molecular flexibility index (Phi) is 2.01. The van der Waals surface area contributed by atoms with Gasteiger partial charge in [0.1, 0.15) is 5.82 Å². The van der Waals surface area contributed by atoms with Gasteiger partial charge < -0.3 is 15.2 Å². The van der Waals surface area contributed by atoms with E-state index in [1.54, 1.807) is 4.68 Å². The number of hydrogen-bond acceptors (Lipinski definition) is 4. The molecule has 0 saturated heterocycles. The van der Waals surface area contributed by atoms with Gasteiger partial charge in [0, 0.05) is 18.7 Å². The summed E-state index contributed by atoms with van der Waals surface area (Å²) in [5.41, 5.74) is 8.64. The van der Waals surface area contributed by atoms with E-state index in [-0.39, 0.29) is 6.79 Å². The molecular weight excluding hydrogens is 218 g/mol. The van der Waals surface area contributed by atoms with E-state index in [0.717, 1.165) is 28.3 Å². The van der Waals surface area contributed by atoms with Gasteiger partial charge in [-0.1, -0.05) is 0 Å². The van der Waals surface area contributed by atoms with Gasteiger partial charge in [0.15, 0.2) is 11.5 Å². The van der Waals surface area contributed by atoms with E-state index >= 15 is 0 Å². The fraction of sp³-hybridized carbons (Fsp3) is 0.250. The van der Waals surface area contributed by atoms with Gasteiger partial charge in [-0.3, -0.25) is 4.68 Å². The number of aryl methyl sites for hydroxylation is 2. The molecule has 0 bridgehead atoms. The van der Waals surface area contributed by atoms with Crippen molar-refractivity contribution in [1.29, 1.82) is 0 Å². The third kappa shape index (κ3) is 1.51. The van der Waals surface area contributed by atoms with Crippen molar-refractivity contribution in [2.24, 2.45) is 7.05 Å². The average Bonchev–Trinajstić information content (AvgIpc) is 2.87. The van der Waals surface area contributed by atoms with E-state index in [1.165, 1.54) is 0 Å². The molecule has 2 aromatic rings. The molecule has 0 amide bonds. The maximum absolute atomic E-state index is 5.77. The number of ether oxygens (including phenoxy) is 2. The van der Waals surface area contributed by atoms with Crippen molar-refractivity contribution in [3.8, 4) is 22.8 Å². The number of rotatable bonds is 1. The van der Waals surface area contributed by atoms with Crippen LogP contribution in [0.2, 0.25) is 0 Å². The van der Waals surface area contributed by atoms with Crippen LogP contribution in [0.4, 0.5) is 5.82 Å². The van der Waals surface area contributed by atoms with Crippen LogP contribution in [-0.4, -0.2) is 16.6 Å². The van der Waals surface area contributed by atoms with Crippen molar-refractivity contribution in [2.75, 3.05) is 12.5 Å². The SMILES string of the molecule is Cc1cc(-c2cc(N)n(C)n2)cc2c1OCO2. The van der Waals surface area contributed by atoms with Gasteiger partial charge in [0.25, 0.3) is 0 Å². The fourth-order valence-corrected chi connectivity index (χ4v) is 1.96. The molecular formula is C12H13N3O2. The van der Waals surface area contributed by atoms with Gasteiger partial charge in [-0.25, -0.2) is 0 Å². The van der Waals surface area contributed by atoms with Gasteiger partial charge in [-0.05, 0) is 24.6 Å². The van der Waals surface area contributed by atoms with Gasteiger partial charge >= 0.3 is 0 Å². The second-order valence-electron chi connectivity index (χ2n) is 4.10. The van der Waals surface area contributed by atoms with Crippen LogP contribution in [0.15, 0.2) is 18.2 Å². The van der Waals surface area contributed by atoms with Crippen molar-refractivity contribution < 1.29 is 9.47 Å². The van der Waals surface area contributed by atoms with E-state index in [0.29, 0.717) is 5.82 Å². The Morgan fingerprint density at radius 2 is 2.12 bits per heavy atom. The standard InChI is InChI=1S/C12H13N3O2/c1-7-3-8(4-10-12(7)17-6-16-10)9-5-11(13)15(2)14-9/h3-5H,6,13H2,1-2H3. The van der Waals surface area contributed by atoms with Crippen LogP contribution >= 0.6 is 0 Å². The number of nitrogens with zero attached hydrogens (tertiary/aromatic N) is 2. The normalized spacial score (nSPS) is 13.1. The lowest BCUT2D eigenvalue weighted by molar-refractivity contribution is 0.173. The second-order valence-corrected chi connectivity index (χ2v) is 4.10. The Hall–Kier alpha value is -2.17. The molecule has 2 N–H and O–H groups in total. The molecule has 1 aliphatic heterocycles. The van der Waals surface area contributed by atoms with E-state index in [2.05, 4.69) is 5.10 Å². The zero-order valence-corrected chi connectivity index (χ0v) is 9.73. The molecule has 0 saturated carbocycles. The number of nitrogens with two attached hydrogens (primary N) is 1. The van der Waals surface area contributed by atoms with Crippen LogP contribution in [0.25, 0.3) is 11.3 Å². The highest BCUT2D eigenvalue weighted by Gasteiger charge is 2.18. The molecule has 1 aliphatic rings. The second kappa shape index (κ2) is 3.41. The summed E-state index contributed by atoms with van der Waals surface area (Å²) in [6.07, 6.45) is 0. The van der Waals surface area contributed by atoms with Crippen molar-refractivity contribution >= 4 is 5.82 Å². The molecule has 0 radical (unpaired) electrons. The molecule has 88 valence electrons. The number of anilines is 1. The molecule has 0 spiro atoms. The molecule has 0 fully saturated rings. The summed E-state index contributed by atoms with van der Waals surface area (Å²) in [6.45, 7) is 2.27. The van der Waals surface area contributed by atoms with Crippen molar-refractivity contribution in [3.05, 3.63) is 23.8 Å². The predicted octanol–water partition coefficient (Wildman–Crippen LogP) is 1.71. The number of aromatic nitrogens is 2. The molecule has 0 atom stereocenters. The van der Waals surface area contributed by atoms with E-state index in [1.807, 2.05) is 32.2 Å². The van der Waals surface area contributed by atoms with E-state index in [4.69, 9.17) is 15.2 Å². The smallest absolute Gasteiger partial charge is 0.231 e. The van der Waals surface area contributed by atoms with Crippen LogP contribution in [0.3, 0.4) is 0 Å². The highest BCUT2D eigenvalue weighted by Crippen LogP contribution is 2.39. The van der Waals surface area contributed by atoms with Gasteiger partial charge in [0.2, 0.25) is 6.79 Å². The summed E-state index contributed by atoms with van der Waals surface area (Å²) >= 11 is 0. The van der Waals surface area contributed by atoms with Crippen LogP contribution in [0.5, 0.6) is 11.5 Å². The third-order valence-electron chi connectivity index (χ3n) is 2.87. The topological polar surface area (TPSA) is 62.3 Å². The van der Waals surface area contributed by atoms with Crippen LogP contribution in [0.1, 0.15) is 5.56 Å². The lowest BCUT2D eigenvalue weighted by Gasteiger charge is -2.03. The quantitative estimate of drug-likeness (QED) is 0.811. The number of nitrogen functional groups attached to an aromatic ring is 1. The lowest BCUT2D eigenvalue weighted by atomic mass is 10.1. The number of benzene rings is 1. The van der Waals surface area contributed by atoms with Gasteiger partial charge in [-0.2, -0.15) is 5.10 Å². The minimum atomic E-state index is 0.282. The summed E-state index contributed by atoms with van der Waals surface area (Å²) in [6, 6.07) is 5.80. The molecule has 5 heteroatoms. The minimum Gasteiger partial charge on any atom is -0.454 e. The van der Waals surface area contributed by atoms with E-state index < -0.39 is 0 Å². The summed E-state index contributed by atoms with van der Waals surface area (Å²) in [4.78, 5) is 0. The molecule has 2 heterocycles. The van der Waals surface area contributed by atoms with Gasteiger partial charge in [0.05, 0.1) is 5.69 Å². The summed E-state index contributed by atoms with van der Waals surface area (Å²) < 4.78 is 12.4. The summed E-state index contributed by atoms with van der Waals surface area (Å²) in [5.74, 6) is 2.22. The zero-order chi connectivity index (χ0) is 12.0. The Balaban J connectivity index is 2.13. The van der Waals surface area contributed by atoms with E-state index in [9.17, 15) is 0 Å². The average molecular weight is 231 g/mol. The highest BCUT2D eigenvalue weighted by atomic mass is 16.7. The zero-order valence-electron chi connectivity index (χ0n) is 9.73. The molecule has 0 unspecified atom stereocenters. The maximum Gasteiger partial charge on any atom is 0.231 e. The first-order chi connectivity index (χ1) is 8.15. The highest BCUT2D eigenvalue weighted by molar-refractivity contribution is 5.68. The maximum atomic E-state index is 5.77. The number of hydrogen-bond donors (Lipinski definition) is 1. The first-order valence-corrected chi connectivity index (χ1v) is 5.35. The Morgan fingerprint density at radius 3 is 2.82 bits per heavy atom. The minimum absolute atomic E-state index is 0.282. The third-order valence-corrected chi connectivity index (χ3v) is 2.87. The molecule has 5 nitrogen and oxygen atoms in total. The first-order valence-electron chi connectivity index (χ1n) is 5.35. The monoisotopic (exact) mass is 231 g/mol. The fourth-order valence-electron chi connectivity index (χ4n) is 1.96. The largest absolute Gasteiger partial charge is 0.454 e. The van der Waals surface area contributed by atoms with Crippen molar-refractivity contribution in [3.63, 3.8) is 0 Å². The summed E-state index contributed by atoms with van der Waals surface area (Å²) in [7, 11) is 1.82. The van der Waals surface area contributed by atoms with Gasteiger partial charge in [-0.15, -0.1) is 0 Å². The number of fused-ring (bicyclic) bond motifs is 1. The van der Waals surface area contributed by atoms with Crippen molar-refractivity contribution in [1.82, 2.24) is 9.78 Å². The summed E-state index contributed by atoms with van der Waals surface area (Å²) in [5, 5.41) is 4.34. The first kappa shape index (κ1) is 10.0. The molecule has 3 rings (SSSR count). The Labute approximate surface area is 98.8 Å². The Morgan fingerprint density at radius 1 is 1.29 bits per heavy atom. The van der Waals surface area contributed by atoms with Crippen molar-refractivity contribution in [2.45, 2.75) is 6.92 Å². The predicted molar refractivity (Wildman–Crippen MR) is 63.9 cm³/mol. The molecule has 0 aliphatic carbocycles. The lowest BCUT2D eigenvalue weighted by Crippen LogP contribution is -1.96. The van der Waals surface area contributed by atoms with Crippen LogP contribution < -0.4 is 15.2 Å². The molecule has 17 heavy (non-hydrogen) atoms.